The molecule has 40 heavy (non-hydrogen) atoms. The summed E-state index contributed by atoms with van der Waals surface area (Å²) in [6, 6.07) is 28.8. The Morgan fingerprint density at radius 2 is 1.60 bits per heavy atom. The number of carbonyl (C=O) groups excluding carboxylic acids is 1. The lowest BCUT2D eigenvalue weighted by Crippen LogP contribution is -2.38. The Balaban J connectivity index is 1.52. The molecule has 3 aromatic carbocycles. The quantitative estimate of drug-likeness (QED) is 0.258. The summed E-state index contributed by atoms with van der Waals surface area (Å²) in [5.41, 5.74) is 9.30. The van der Waals surface area contributed by atoms with Crippen LogP contribution in [0, 0.1) is 20.8 Å². The first-order valence-corrected chi connectivity index (χ1v) is 13.9. The van der Waals surface area contributed by atoms with Crippen LogP contribution in [0.1, 0.15) is 65.0 Å². The SMILES string of the molecule is Cc1cc(C)cc(NC(=O)N2Cc3c(C)nn(-c4ccccc4)c3-n3cccc3C2c2ccc(C(C)C)cc2)c1. The fraction of sp³-hybridized carbons (Fsp3) is 0.235. The van der Waals surface area contributed by atoms with E-state index in [1.54, 1.807) is 0 Å². The number of benzene rings is 3. The molecule has 1 aliphatic rings. The average molecular weight is 530 g/mol. The molecule has 5 aromatic rings. The summed E-state index contributed by atoms with van der Waals surface area (Å²) in [7, 11) is 0. The number of carbonyl (C=O) groups is 1. The summed E-state index contributed by atoms with van der Waals surface area (Å²) >= 11 is 0. The number of anilines is 1. The zero-order chi connectivity index (χ0) is 28.0. The molecule has 0 saturated heterocycles. The van der Waals surface area contributed by atoms with Gasteiger partial charge < -0.3 is 14.8 Å². The number of rotatable bonds is 4. The van der Waals surface area contributed by atoms with Gasteiger partial charge in [-0.25, -0.2) is 9.48 Å². The standard InChI is InChI=1S/C34H35N5O/c1-22(2)26-13-15-27(16-14-26)32-31-12-9-17-37(31)33-30(25(5)36-39(33)29-10-7-6-8-11-29)21-38(32)34(40)35-28-19-23(3)18-24(4)20-28/h6-20,22,32H,21H2,1-5H3,(H,35,40). The lowest BCUT2D eigenvalue weighted by atomic mass is 9.97. The third-order valence-electron chi connectivity index (χ3n) is 7.74. The number of nitrogens with zero attached hydrogens (tertiary/aromatic N) is 4. The lowest BCUT2D eigenvalue weighted by molar-refractivity contribution is 0.194. The first-order valence-electron chi connectivity index (χ1n) is 13.9. The Morgan fingerprint density at radius 1 is 0.900 bits per heavy atom. The molecule has 202 valence electrons. The minimum atomic E-state index is -0.293. The Kier molecular flexibility index (Phi) is 6.54. The Morgan fingerprint density at radius 3 is 2.27 bits per heavy atom. The monoisotopic (exact) mass is 529 g/mol. The van der Waals surface area contributed by atoms with Gasteiger partial charge in [0.05, 0.1) is 29.7 Å². The van der Waals surface area contributed by atoms with Crippen molar-refractivity contribution in [3.63, 3.8) is 0 Å². The number of hydrogen-bond donors (Lipinski definition) is 1. The summed E-state index contributed by atoms with van der Waals surface area (Å²) in [6.45, 7) is 10.9. The summed E-state index contributed by atoms with van der Waals surface area (Å²) in [5, 5.41) is 8.16. The predicted molar refractivity (Wildman–Crippen MR) is 160 cm³/mol. The van der Waals surface area contributed by atoms with Gasteiger partial charge in [0.2, 0.25) is 0 Å². The van der Waals surface area contributed by atoms with Crippen molar-refractivity contribution in [2.75, 3.05) is 5.32 Å². The van der Waals surface area contributed by atoms with Crippen molar-refractivity contribution in [2.45, 2.75) is 53.1 Å². The van der Waals surface area contributed by atoms with Gasteiger partial charge in [0, 0.05) is 17.4 Å². The van der Waals surface area contributed by atoms with Crippen LogP contribution < -0.4 is 5.32 Å². The third-order valence-corrected chi connectivity index (χ3v) is 7.74. The molecule has 6 rings (SSSR count). The normalized spacial score (nSPS) is 14.6. The van der Waals surface area contributed by atoms with Crippen molar-refractivity contribution in [2.24, 2.45) is 0 Å². The van der Waals surface area contributed by atoms with Gasteiger partial charge in [0.15, 0.2) is 0 Å². The zero-order valence-electron chi connectivity index (χ0n) is 23.7. The minimum Gasteiger partial charge on any atom is -0.308 e. The van der Waals surface area contributed by atoms with Crippen LogP contribution in [0.25, 0.3) is 11.5 Å². The second-order valence-corrected chi connectivity index (χ2v) is 11.1. The molecule has 0 saturated carbocycles. The molecule has 2 aromatic heterocycles. The van der Waals surface area contributed by atoms with Gasteiger partial charge in [0.1, 0.15) is 5.82 Å². The van der Waals surface area contributed by atoms with E-state index in [1.807, 2.05) is 60.7 Å². The van der Waals surface area contributed by atoms with Crippen molar-refractivity contribution in [1.82, 2.24) is 19.2 Å². The van der Waals surface area contributed by atoms with Crippen molar-refractivity contribution in [3.8, 4) is 11.5 Å². The van der Waals surface area contributed by atoms with Crippen LogP contribution in [-0.2, 0) is 6.54 Å². The van der Waals surface area contributed by atoms with E-state index in [2.05, 4.69) is 84.5 Å². The maximum absolute atomic E-state index is 14.2. The largest absolute Gasteiger partial charge is 0.322 e. The minimum absolute atomic E-state index is 0.143. The first-order chi connectivity index (χ1) is 19.3. The van der Waals surface area contributed by atoms with Gasteiger partial charge in [-0.3, -0.25) is 0 Å². The number of nitrogens with one attached hydrogen (secondary N) is 1. The molecular formula is C34H35N5O. The number of aryl methyl sites for hydroxylation is 3. The zero-order valence-corrected chi connectivity index (χ0v) is 23.7. The molecule has 1 unspecified atom stereocenters. The van der Waals surface area contributed by atoms with E-state index in [0.29, 0.717) is 12.5 Å². The molecule has 0 fully saturated rings. The smallest absolute Gasteiger partial charge is 0.308 e. The van der Waals surface area contributed by atoms with E-state index in [-0.39, 0.29) is 12.1 Å². The highest BCUT2D eigenvalue weighted by molar-refractivity contribution is 5.90. The van der Waals surface area contributed by atoms with Crippen molar-refractivity contribution in [3.05, 3.63) is 130 Å². The molecule has 2 amide bonds. The van der Waals surface area contributed by atoms with Gasteiger partial charge in [-0.15, -0.1) is 0 Å². The molecular weight excluding hydrogens is 494 g/mol. The Labute approximate surface area is 235 Å². The molecule has 6 nitrogen and oxygen atoms in total. The number of hydrogen-bond acceptors (Lipinski definition) is 2. The maximum Gasteiger partial charge on any atom is 0.322 e. The highest BCUT2D eigenvalue weighted by Gasteiger charge is 2.36. The second kappa shape index (κ2) is 10.2. The Bertz CT molecular complexity index is 1660. The van der Waals surface area contributed by atoms with Crippen LogP contribution >= 0.6 is 0 Å². The van der Waals surface area contributed by atoms with E-state index < -0.39 is 0 Å². The third kappa shape index (κ3) is 4.60. The van der Waals surface area contributed by atoms with E-state index in [4.69, 9.17) is 5.10 Å². The van der Waals surface area contributed by atoms with Crippen LogP contribution in [0.15, 0.2) is 91.1 Å². The summed E-state index contributed by atoms with van der Waals surface area (Å²) in [5.74, 6) is 1.40. The first kappa shape index (κ1) is 25.7. The molecule has 1 aliphatic heterocycles. The van der Waals surface area contributed by atoms with Gasteiger partial charge in [-0.2, -0.15) is 5.10 Å². The number of aromatic nitrogens is 3. The number of fused-ring (bicyclic) bond motifs is 3. The van der Waals surface area contributed by atoms with Crippen molar-refractivity contribution >= 4 is 11.7 Å². The molecule has 1 N–H and O–H groups in total. The summed E-state index contributed by atoms with van der Waals surface area (Å²) < 4.78 is 4.20. The molecule has 1 atom stereocenters. The highest BCUT2D eigenvalue weighted by atomic mass is 16.2. The number of amides is 2. The number of urea groups is 1. The van der Waals surface area contributed by atoms with Crippen LogP contribution in [0.2, 0.25) is 0 Å². The van der Waals surface area contributed by atoms with Crippen molar-refractivity contribution in [1.29, 1.82) is 0 Å². The average Bonchev–Trinajstić information content (AvgIpc) is 3.49. The lowest BCUT2D eigenvalue weighted by Gasteiger charge is -2.31. The van der Waals surface area contributed by atoms with E-state index in [9.17, 15) is 4.79 Å². The molecule has 0 radical (unpaired) electrons. The van der Waals surface area contributed by atoms with Crippen molar-refractivity contribution < 1.29 is 4.79 Å². The molecule has 0 aliphatic carbocycles. The fourth-order valence-corrected chi connectivity index (χ4v) is 5.81. The topological polar surface area (TPSA) is 55.1 Å². The fourth-order valence-electron chi connectivity index (χ4n) is 5.81. The van der Waals surface area contributed by atoms with Crippen LogP contribution in [-0.4, -0.2) is 25.3 Å². The highest BCUT2D eigenvalue weighted by Crippen LogP contribution is 2.39. The van der Waals surface area contributed by atoms with E-state index in [1.165, 1.54) is 5.56 Å². The van der Waals surface area contributed by atoms with Gasteiger partial charge in [-0.1, -0.05) is 62.4 Å². The van der Waals surface area contributed by atoms with Gasteiger partial charge in [0.25, 0.3) is 0 Å². The molecule has 0 spiro atoms. The number of para-hydroxylation sites is 1. The van der Waals surface area contributed by atoms with Crippen LogP contribution in [0.4, 0.5) is 10.5 Å². The van der Waals surface area contributed by atoms with Crippen LogP contribution in [0.3, 0.4) is 0 Å². The van der Waals surface area contributed by atoms with Crippen LogP contribution in [0.5, 0.6) is 0 Å². The second-order valence-electron chi connectivity index (χ2n) is 11.1. The van der Waals surface area contributed by atoms with E-state index >= 15 is 0 Å². The van der Waals surface area contributed by atoms with Gasteiger partial charge in [-0.05, 0) is 85.3 Å². The maximum atomic E-state index is 14.2. The van der Waals surface area contributed by atoms with E-state index in [0.717, 1.165) is 50.8 Å². The summed E-state index contributed by atoms with van der Waals surface area (Å²) in [6.07, 6.45) is 2.08. The molecule has 3 heterocycles. The van der Waals surface area contributed by atoms with Gasteiger partial charge >= 0.3 is 6.03 Å². The summed E-state index contributed by atoms with van der Waals surface area (Å²) in [4.78, 5) is 16.2. The predicted octanol–water partition coefficient (Wildman–Crippen LogP) is 7.85. The molecule has 0 bridgehead atoms. The Hall–Kier alpha value is -4.58. The molecule has 6 heteroatoms.